The number of hydrogen-bond acceptors (Lipinski definition) is 5. The van der Waals surface area contributed by atoms with Gasteiger partial charge in [0.2, 0.25) is 5.91 Å². The van der Waals surface area contributed by atoms with Gasteiger partial charge in [0.05, 0.1) is 18.4 Å². The van der Waals surface area contributed by atoms with E-state index >= 15 is 0 Å². The molecule has 3 heterocycles. The summed E-state index contributed by atoms with van der Waals surface area (Å²) in [6.45, 7) is 0.988. The molecule has 136 valence electrons. The molecule has 1 aliphatic carbocycles. The zero-order chi connectivity index (χ0) is 17.9. The number of carbonyl (C=O) groups excluding carboxylic acids is 1. The number of rotatable bonds is 4. The van der Waals surface area contributed by atoms with Crippen molar-refractivity contribution < 1.29 is 4.79 Å². The highest BCUT2D eigenvalue weighted by atomic mass is 16.2. The van der Waals surface area contributed by atoms with Crippen LogP contribution < -0.4 is 5.56 Å². The number of nitrogens with zero attached hydrogens (tertiary/aromatic N) is 4. The van der Waals surface area contributed by atoms with Gasteiger partial charge in [-0.25, -0.2) is 9.97 Å². The quantitative estimate of drug-likeness (QED) is 0.908. The van der Waals surface area contributed by atoms with Crippen molar-refractivity contribution in [3.05, 3.63) is 40.2 Å². The lowest BCUT2D eigenvalue weighted by atomic mass is 10.0. The van der Waals surface area contributed by atoms with Crippen molar-refractivity contribution in [3.8, 4) is 11.5 Å². The molecule has 2 aromatic rings. The number of hydrogen-bond donors (Lipinski definition) is 1. The Morgan fingerprint density at radius 2 is 2.12 bits per heavy atom. The summed E-state index contributed by atoms with van der Waals surface area (Å²) >= 11 is 0. The summed E-state index contributed by atoms with van der Waals surface area (Å²) in [5.41, 5.74) is 1.73. The Morgan fingerprint density at radius 1 is 1.27 bits per heavy atom. The van der Waals surface area contributed by atoms with E-state index in [1.54, 1.807) is 18.6 Å². The third kappa shape index (κ3) is 3.52. The molecule has 1 N–H and O–H groups in total. The first-order chi connectivity index (χ1) is 12.7. The van der Waals surface area contributed by atoms with Gasteiger partial charge in [-0.3, -0.25) is 14.6 Å². The van der Waals surface area contributed by atoms with Gasteiger partial charge in [0.1, 0.15) is 5.69 Å². The molecule has 1 fully saturated rings. The highest BCUT2D eigenvalue weighted by Gasteiger charge is 2.25. The van der Waals surface area contributed by atoms with Crippen LogP contribution in [0.2, 0.25) is 0 Å². The monoisotopic (exact) mass is 353 g/mol. The molecule has 0 unspecified atom stereocenters. The lowest BCUT2D eigenvalue weighted by molar-refractivity contribution is -0.132. The van der Waals surface area contributed by atoms with Crippen molar-refractivity contribution >= 4 is 5.91 Å². The molecule has 0 aromatic carbocycles. The Morgan fingerprint density at radius 3 is 2.88 bits per heavy atom. The third-order valence-corrected chi connectivity index (χ3v) is 5.47. The Hall–Kier alpha value is -2.57. The SMILES string of the molecule is O=C(CCC1CCCC1)N1CCc2c(nc(-c3cnccn3)[nH]c2=O)C1. The molecule has 0 saturated heterocycles. The van der Waals surface area contributed by atoms with E-state index in [0.29, 0.717) is 54.6 Å². The van der Waals surface area contributed by atoms with Crippen molar-refractivity contribution in [2.75, 3.05) is 6.54 Å². The summed E-state index contributed by atoms with van der Waals surface area (Å²) in [6.07, 6.45) is 11.9. The van der Waals surface area contributed by atoms with Gasteiger partial charge in [-0.15, -0.1) is 0 Å². The summed E-state index contributed by atoms with van der Waals surface area (Å²) < 4.78 is 0. The van der Waals surface area contributed by atoms with Crippen LogP contribution in [-0.4, -0.2) is 37.3 Å². The first-order valence-electron chi connectivity index (χ1n) is 9.37. The van der Waals surface area contributed by atoms with E-state index in [4.69, 9.17) is 0 Å². The second-order valence-electron chi connectivity index (χ2n) is 7.18. The van der Waals surface area contributed by atoms with Gasteiger partial charge in [0.25, 0.3) is 5.56 Å². The van der Waals surface area contributed by atoms with Crippen LogP contribution in [-0.2, 0) is 17.8 Å². The van der Waals surface area contributed by atoms with Crippen molar-refractivity contribution in [1.82, 2.24) is 24.8 Å². The Bertz CT molecular complexity index is 843. The van der Waals surface area contributed by atoms with E-state index in [1.165, 1.54) is 25.7 Å². The average Bonchev–Trinajstić information content (AvgIpc) is 3.20. The second-order valence-corrected chi connectivity index (χ2v) is 7.18. The van der Waals surface area contributed by atoms with Crippen molar-refractivity contribution in [3.63, 3.8) is 0 Å². The van der Waals surface area contributed by atoms with E-state index in [9.17, 15) is 9.59 Å². The van der Waals surface area contributed by atoms with Crippen LogP contribution in [0.15, 0.2) is 23.4 Å². The van der Waals surface area contributed by atoms with Crippen LogP contribution >= 0.6 is 0 Å². The minimum atomic E-state index is -0.145. The summed E-state index contributed by atoms with van der Waals surface area (Å²) in [4.78, 5) is 42.4. The summed E-state index contributed by atoms with van der Waals surface area (Å²) in [6, 6.07) is 0. The van der Waals surface area contributed by atoms with Crippen LogP contribution in [0.4, 0.5) is 0 Å². The maximum atomic E-state index is 12.6. The lowest BCUT2D eigenvalue weighted by Crippen LogP contribution is -2.39. The number of aromatic amines is 1. The van der Waals surface area contributed by atoms with Gasteiger partial charge in [0.15, 0.2) is 5.82 Å². The fraction of sp³-hybridized carbons (Fsp3) is 0.526. The van der Waals surface area contributed by atoms with Crippen LogP contribution in [0.1, 0.15) is 49.8 Å². The maximum Gasteiger partial charge on any atom is 0.254 e. The zero-order valence-corrected chi connectivity index (χ0v) is 14.8. The lowest BCUT2D eigenvalue weighted by Gasteiger charge is -2.28. The van der Waals surface area contributed by atoms with Crippen LogP contribution in [0.5, 0.6) is 0 Å². The van der Waals surface area contributed by atoms with E-state index in [0.717, 1.165) is 6.42 Å². The minimum absolute atomic E-state index is 0.145. The van der Waals surface area contributed by atoms with E-state index in [1.807, 2.05) is 4.90 Å². The highest BCUT2D eigenvalue weighted by molar-refractivity contribution is 5.76. The molecule has 7 nitrogen and oxygen atoms in total. The number of amides is 1. The molecule has 1 amide bonds. The largest absolute Gasteiger partial charge is 0.336 e. The highest BCUT2D eigenvalue weighted by Crippen LogP contribution is 2.29. The van der Waals surface area contributed by atoms with Crippen LogP contribution in [0.25, 0.3) is 11.5 Å². The molecule has 1 saturated carbocycles. The first kappa shape index (κ1) is 16.9. The normalized spacial score (nSPS) is 17.3. The van der Waals surface area contributed by atoms with E-state index in [-0.39, 0.29) is 11.5 Å². The molecule has 2 aromatic heterocycles. The molecule has 0 atom stereocenters. The molecule has 2 aliphatic rings. The fourth-order valence-electron chi connectivity index (χ4n) is 3.98. The number of nitrogens with one attached hydrogen (secondary N) is 1. The topological polar surface area (TPSA) is 91.8 Å². The molecule has 26 heavy (non-hydrogen) atoms. The fourth-order valence-corrected chi connectivity index (χ4v) is 3.98. The summed E-state index contributed by atoms with van der Waals surface area (Å²) in [5, 5.41) is 0. The van der Waals surface area contributed by atoms with Crippen molar-refractivity contribution in [1.29, 1.82) is 0 Å². The van der Waals surface area contributed by atoms with Gasteiger partial charge in [-0.2, -0.15) is 0 Å². The zero-order valence-electron chi connectivity index (χ0n) is 14.8. The van der Waals surface area contributed by atoms with Crippen molar-refractivity contribution in [2.45, 2.75) is 51.5 Å². The number of H-pyrrole nitrogens is 1. The Balaban J connectivity index is 1.49. The first-order valence-corrected chi connectivity index (χ1v) is 9.37. The molecule has 1 aliphatic heterocycles. The van der Waals surface area contributed by atoms with Gasteiger partial charge >= 0.3 is 0 Å². The van der Waals surface area contributed by atoms with Crippen molar-refractivity contribution in [2.24, 2.45) is 5.92 Å². The van der Waals surface area contributed by atoms with E-state index < -0.39 is 0 Å². The van der Waals surface area contributed by atoms with Crippen LogP contribution in [0, 0.1) is 5.92 Å². The summed E-state index contributed by atoms with van der Waals surface area (Å²) in [5.74, 6) is 1.29. The standard InChI is InChI=1S/C19H23N5O2/c25-17(6-5-13-3-1-2-4-13)24-10-7-14-16(12-24)22-18(23-19(14)26)15-11-20-8-9-21-15/h8-9,11,13H,1-7,10,12H2,(H,22,23,26). The predicted octanol–water partition coefficient (Wildman–Crippen LogP) is 2.08. The minimum Gasteiger partial charge on any atom is -0.336 e. The summed E-state index contributed by atoms with van der Waals surface area (Å²) in [7, 11) is 0. The number of carbonyl (C=O) groups is 1. The number of fused-ring (bicyclic) bond motifs is 1. The molecule has 0 bridgehead atoms. The third-order valence-electron chi connectivity index (χ3n) is 5.47. The molecule has 4 rings (SSSR count). The van der Waals surface area contributed by atoms with Crippen LogP contribution in [0.3, 0.4) is 0 Å². The molecular formula is C19H23N5O2. The Labute approximate surface area is 151 Å². The maximum absolute atomic E-state index is 12.6. The molecule has 0 spiro atoms. The van der Waals surface area contributed by atoms with Gasteiger partial charge in [-0.05, 0) is 18.8 Å². The van der Waals surface area contributed by atoms with Gasteiger partial charge in [-0.1, -0.05) is 25.7 Å². The Kier molecular flexibility index (Phi) is 4.77. The number of aromatic nitrogens is 4. The van der Waals surface area contributed by atoms with E-state index in [2.05, 4.69) is 19.9 Å². The van der Waals surface area contributed by atoms with Gasteiger partial charge in [0, 0.05) is 30.9 Å². The predicted molar refractivity (Wildman–Crippen MR) is 96.2 cm³/mol. The second kappa shape index (κ2) is 7.35. The van der Waals surface area contributed by atoms with Gasteiger partial charge < -0.3 is 9.88 Å². The smallest absolute Gasteiger partial charge is 0.254 e. The molecular weight excluding hydrogens is 330 g/mol. The molecule has 0 radical (unpaired) electrons. The average molecular weight is 353 g/mol. The molecule has 7 heteroatoms.